The number of carbonyl (C=O) groups excluding carboxylic acids is 1. The summed E-state index contributed by atoms with van der Waals surface area (Å²) in [6, 6.07) is 14.5. The molecule has 0 spiro atoms. The maximum absolute atomic E-state index is 12.9. The number of likely N-dealkylation sites (N-methyl/N-ethyl adjacent to an activating group) is 1. The Bertz CT molecular complexity index is 1010. The van der Waals surface area contributed by atoms with Gasteiger partial charge in [-0.25, -0.2) is 8.42 Å². The number of fused-ring (bicyclic) bond motifs is 1. The van der Waals surface area contributed by atoms with Gasteiger partial charge in [-0.15, -0.1) is 0 Å². The highest BCUT2D eigenvalue weighted by atomic mass is 32.2. The molecule has 0 N–H and O–H groups in total. The molecule has 1 amide bonds. The van der Waals surface area contributed by atoms with Crippen LogP contribution in [0.3, 0.4) is 0 Å². The minimum atomic E-state index is -2.99. The average Bonchev–Trinajstić information content (AvgIpc) is 3.12. The third kappa shape index (κ3) is 4.53. The first kappa shape index (κ1) is 21.3. The second kappa shape index (κ2) is 8.65. The number of carbonyl (C=O) groups is 1. The molecule has 162 valence electrons. The van der Waals surface area contributed by atoms with Crippen LogP contribution >= 0.6 is 0 Å². The fourth-order valence-corrected chi connectivity index (χ4v) is 6.47. The Morgan fingerprint density at radius 3 is 2.50 bits per heavy atom. The number of hydrogen-bond acceptors (Lipinski definition) is 5. The fraction of sp³-hybridized carbons (Fsp3) is 0.522. The molecule has 6 nitrogen and oxygen atoms in total. The second-order valence-corrected chi connectivity index (χ2v) is 10.9. The van der Waals surface area contributed by atoms with Crippen molar-refractivity contribution in [2.75, 3.05) is 44.7 Å². The number of rotatable bonds is 5. The summed E-state index contributed by atoms with van der Waals surface area (Å²) >= 11 is 0. The molecule has 0 aliphatic carbocycles. The molecule has 2 heterocycles. The molecule has 2 aliphatic heterocycles. The third-order valence-electron chi connectivity index (χ3n) is 6.69. The normalized spacial score (nSPS) is 23.5. The summed E-state index contributed by atoms with van der Waals surface area (Å²) in [5.74, 6) is 0.316. The number of sulfone groups is 1. The number of hydrogen-bond donors (Lipinski definition) is 0. The molecule has 30 heavy (non-hydrogen) atoms. The van der Waals surface area contributed by atoms with Gasteiger partial charge in [0.1, 0.15) is 0 Å². The molecule has 2 saturated heterocycles. The topological polar surface area (TPSA) is 60.9 Å². The highest BCUT2D eigenvalue weighted by molar-refractivity contribution is 7.91. The predicted molar refractivity (Wildman–Crippen MR) is 120 cm³/mol. The van der Waals surface area contributed by atoms with Gasteiger partial charge in [0.2, 0.25) is 5.91 Å². The second-order valence-electron chi connectivity index (χ2n) is 8.63. The van der Waals surface area contributed by atoms with Gasteiger partial charge in [0.25, 0.3) is 0 Å². The van der Waals surface area contributed by atoms with Gasteiger partial charge in [0.15, 0.2) is 9.84 Å². The summed E-state index contributed by atoms with van der Waals surface area (Å²) in [6.07, 6.45) is 0.552. The molecule has 0 radical (unpaired) electrons. The first-order valence-corrected chi connectivity index (χ1v) is 12.6. The molecule has 4 rings (SSSR count). The fourth-order valence-electron chi connectivity index (χ4n) is 4.69. The van der Waals surface area contributed by atoms with Crippen molar-refractivity contribution in [1.82, 2.24) is 14.7 Å². The van der Waals surface area contributed by atoms with Crippen LogP contribution in [0.1, 0.15) is 18.9 Å². The van der Waals surface area contributed by atoms with Crippen LogP contribution in [0.15, 0.2) is 42.5 Å². The van der Waals surface area contributed by atoms with Crippen molar-refractivity contribution in [3.8, 4) is 0 Å². The zero-order valence-corrected chi connectivity index (χ0v) is 18.6. The predicted octanol–water partition coefficient (Wildman–Crippen LogP) is 1.99. The maximum atomic E-state index is 12.9. The third-order valence-corrected chi connectivity index (χ3v) is 8.44. The molecule has 2 aliphatic rings. The first-order chi connectivity index (χ1) is 14.3. The molecule has 0 saturated carbocycles. The van der Waals surface area contributed by atoms with Crippen LogP contribution in [0.4, 0.5) is 0 Å². The molecule has 2 aromatic rings. The molecular weight excluding hydrogens is 398 g/mol. The Morgan fingerprint density at radius 2 is 1.80 bits per heavy atom. The number of benzene rings is 2. The molecule has 2 atom stereocenters. The van der Waals surface area contributed by atoms with Crippen LogP contribution in [0.2, 0.25) is 0 Å². The van der Waals surface area contributed by atoms with E-state index in [4.69, 9.17) is 0 Å². The lowest BCUT2D eigenvalue weighted by atomic mass is 10.0. The zero-order chi connectivity index (χ0) is 21.3. The lowest BCUT2D eigenvalue weighted by Gasteiger charge is -2.39. The summed E-state index contributed by atoms with van der Waals surface area (Å²) in [5.41, 5.74) is 1.34. The molecular formula is C23H31N3O3S. The maximum Gasteiger partial charge on any atom is 0.239 e. The molecule has 7 heteroatoms. The van der Waals surface area contributed by atoms with Crippen molar-refractivity contribution in [2.45, 2.75) is 32.0 Å². The van der Waals surface area contributed by atoms with E-state index >= 15 is 0 Å². The van der Waals surface area contributed by atoms with Gasteiger partial charge >= 0.3 is 0 Å². The smallest absolute Gasteiger partial charge is 0.239 e. The minimum Gasteiger partial charge on any atom is -0.340 e. The van der Waals surface area contributed by atoms with Gasteiger partial charge in [-0.05, 0) is 29.7 Å². The summed E-state index contributed by atoms with van der Waals surface area (Å²) < 4.78 is 23.5. The molecule has 0 unspecified atom stereocenters. The number of nitrogens with zero attached hydrogens (tertiary/aromatic N) is 3. The van der Waals surface area contributed by atoms with Crippen LogP contribution in [0.5, 0.6) is 0 Å². The van der Waals surface area contributed by atoms with Gasteiger partial charge in [0.05, 0.1) is 17.5 Å². The Hall–Kier alpha value is -1.96. The molecule has 2 fully saturated rings. The molecule has 0 bridgehead atoms. The van der Waals surface area contributed by atoms with Crippen LogP contribution in [-0.4, -0.2) is 85.8 Å². The number of amides is 1. The van der Waals surface area contributed by atoms with Crippen LogP contribution in [-0.2, 0) is 21.2 Å². The van der Waals surface area contributed by atoms with E-state index in [0.29, 0.717) is 6.42 Å². The Kier molecular flexibility index (Phi) is 6.14. The van der Waals surface area contributed by atoms with E-state index in [2.05, 4.69) is 52.3 Å². The Balaban J connectivity index is 1.33. The lowest BCUT2D eigenvalue weighted by molar-refractivity contribution is -0.137. The standard InChI is InChI=1S/C23H31N3O3S/c1-18(23(27)24(2)21-10-15-30(28,29)17-21)26-13-11-25(12-14-26)16-20-8-5-7-19-6-3-4-9-22(19)20/h3-9,18,21H,10-17H2,1-2H3/t18-,21-/m0/s1. The molecule has 0 aromatic heterocycles. The van der Waals surface area contributed by atoms with Crippen molar-refractivity contribution in [3.63, 3.8) is 0 Å². The van der Waals surface area contributed by atoms with Crippen molar-refractivity contribution < 1.29 is 13.2 Å². The van der Waals surface area contributed by atoms with Crippen LogP contribution in [0.25, 0.3) is 10.8 Å². The quantitative estimate of drug-likeness (QED) is 0.728. The highest BCUT2D eigenvalue weighted by Gasteiger charge is 2.35. The lowest BCUT2D eigenvalue weighted by Crippen LogP contribution is -2.55. The summed E-state index contributed by atoms with van der Waals surface area (Å²) in [5, 5.41) is 2.57. The van der Waals surface area contributed by atoms with Gasteiger partial charge in [0, 0.05) is 45.8 Å². The first-order valence-electron chi connectivity index (χ1n) is 10.7. The number of piperazine rings is 1. The SMILES string of the molecule is C[C@@H](C(=O)N(C)[C@H]1CCS(=O)(=O)C1)N1CCN(Cc2cccc3ccccc23)CC1. The zero-order valence-electron chi connectivity index (χ0n) is 17.8. The Morgan fingerprint density at radius 1 is 1.10 bits per heavy atom. The summed E-state index contributed by atoms with van der Waals surface area (Å²) in [6.45, 7) is 6.38. The van der Waals surface area contributed by atoms with Gasteiger partial charge in [-0.1, -0.05) is 42.5 Å². The summed E-state index contributed by atoms with van der Waals surface area (Å²) in [4.78, 5) is 19.3. The van der Waals surface area contributed by atoms with Crippen molar-refractivity contribution in [2.24, 2.45) is 0 Å². The van der Waals surface area contributed by atoms with Crippen LogP contribution in [0, 0.1) is 0 Å². The van der Waals surface area contributed by atoms with Gasteiger partial charge in [-0.3, -0.25) is 14.6 Å². The van der Waals surface area contributed by atoms with E-state index in [0.717, 1.165) is 32.7 Å². The van der Waals surface area contributed by atoms with E-state index in [1.807, 2.05) is 6.92 Å². The van der Waals surface area contributed by atoms with Crippen molar-refractivity contribution in [3.05, 3.63) is 48.0 Å². The Labute approximate surface area is 179 Å². The average molecular weight is 430 g/mol. The van der Waals surface area contributed by atoms with E-state index in [1.165, 1.54) is 16.3 Å². The van der Waals surface area contributed by atoms with Crippen LogP contribution < -0.4 is 0 Å². The van der Waals surface area contributed by atoms with Crippen molar-refractivity contribution >= 4 is 26.5 Å². The van der Waals surface area contributed by atoms with Gasteiger partial charge in [-0.2, -0.15) is 0 Å². The largest absolute Gasteiger partial charge is 0.340 e. The van der Waals surface area contributed by atoms with Crippen molar-refractivity contribution in [1.29, 1.82) is 0 Å². The monoisotopic (exact) mass is 429 g/mol. The van der Waals surface area contributed by atoms with E-state index in [1.54, 1.807) is 11.9 Å². The summed E-state index contributed by atoms with van der Waals surface area (Å²) in [7, 11) is -1.24. The van der Waals surface area contributed by atoms with Gasteiger partial charge < -0.3 is 4.90 Å². The van der Waals surface area contributed by atoms with E-state index in [-0.39, 0.29) is 29.5 Å². The van der Waals surface area contributed by atoms with E-state index in [9.17, 15) is 13.2 Å². The van der Waals surface area contributed by atoms with E-state index < -0.39 is 9.84 Å². The highest BCUT2D eigenvalue weighted by Crippen LogP contribution is 2.22. The molecule has 2 aromatic carbocycles. The minimum absolute atomic E-state index is 0.0274.